The van der Waals surface area contributed by atoms with Gasteiger partial charge >= 0.3 is 0 Å². The highest BCUT2D eigenvalue weighted by molar-refractivity contribution is 5.94. The third-order valence-corrected chi connectivity index (χ3v) is 6.06. The molecule has 0 saturated heterocycles. The average Bonchev–Trinajstić information content (AvgIpc) is 2.55. The van der Waals surface area contributed by atoms with E-state index < -0.39 is 0 Å². The molecule has 0 heterocycles. The van der Waals surface area contributed by atoms with Crippen LogP contribution < -0.4 is 5.32 Å². The number of fused-ring (bicyclic) bond motifs is 3. The Morgan fingerprint density at radius 2 is 1.68 bits per heavy atom. The number of hydrogen-bond acceptors (Lipinski definition) is 1. The maximum absolute atomic E-state index is 12.5. The number of rotatable bonds is 4. The molecule has 1 amide bonds. The largest absolute Gasteiger partial charge is 0.349 e. The zero-order valence-corrected chi connectivity index (χ0v) is 14.1. The summed E-state index contributed by atoms with van der Waals surface area (Å²) in [6.07, 6.45) is 6.55. The first-order chi connectivity index (χ1) is 10.5. The van der Waals surface area contributed by atoms with Crippen LogP contribution in [0.15, 0.2) is 24.3 Å². The van der Waals surface area contributed by atoms with Crippen LogP contribution in [0.5, 0.6) is 0 Å². The third kappa shape index (κ3) is 3.21. The monoisotopic (exact) mass is 299 g/mol. The Labute approximate surface area is 134 Å². The van der Waals surface area contributed by atoms with Crippen LogP contribution in [-0.4, -0.2) is 11.9 Å². The molecule has 22 heavy (non-hydrogen) atoms. The zero-order valence-electron chi connectivity index (χ0n) is 14.1. The molecule has 120 valence electrons. The van der Waals surface area contributed by atoms with Crippen molar-refractivity contribution in [1.29, 1.82) is 0 Å². The highest BCUT2D eigenvalue weighted by atomic mass is 16.1. The van der Waals surface area contributed by atoms with Crippen LogP contribution in [-0.2, 0) is 0 Å². The SMILES string of the molecule is CC(C)C(C)c1ccc(C(=O)NC2CC3CCC2CC3)cc1. The summed E-state index contributed by atoms with van der Waals surface area (Å²) in [6.45, 7) is 6.73. The molecule has 3 fully saturated rings. The Hall–Kier alpha value is -1.31. The van der Waals surface area contributed by atoms with Gasteiger partial charge < -0.3 is 5.32 Å². The molecule has 0 spiro atoms. The Morgan fingerprint density at radius 3 is 2.18 bits per heavy atom. The van der Waals surface area contributed by atoms with Crippen LogP contribution in [0.25, 0.3) is 0 Å². The van der Waals surface area contributed by atoms with E-state index in [1.807, 2.05) is 12.1 Å². The molecule has 1 aromatic carbocycles. The van der Waals surface area contributed by atoms with E-state index >= 15 is 0 Å². The summed E-state index contributed by atoms with van der Waals surface area (Å²) in [5.41, 5.74) is 2.13. The predicted molar refractivity (Wildman–Crippen MR) is 91.0 cm³/mol. The van der Waals surface area contributed by atoms with E-state index in [4.69, 9.17) is 0 Å². The molecule has 2 atom stereocenters. The van der Waals surface area contributed by atoms with Crippen LogP contribution in [0, 0.1) is 17.8 Å². The van der Waals surface area contributed by atoms with Gasteiger partial charge in [0.15, 0.2) is 0 Å². The molecule has 3 saturated carbocycles. The molecule has 2 bridgehead atoms. The van der Waals surface area contributed by atoms with Gasteiger partial charge in [-0.1, -0.05) is 45.7 Å². The Morgan fingerprint density at radius 1 is 1.05 bits per heavy atom. The fourth-order valence-electron chi connectivity index (χ4n) is 4.13. The van der Waals surface area contributed by atoms with E-state index in [2.05, 4.69) is 38.2 Å². The van der Waals surface area contributed by atoms with E-state index in [0.29, 0.717) is 23.8 Å². The molecule has 3 aliphatic carbocycles. The third-order valence-electron chi connectivity index (χ3n) is 6.06. The molecular weight excluding hydrogens is 270 g/mol. The van der Waals surface area contributed by atoms with Crippen molar-refractivity contribution < 1.29 is 4.79 Å². The fraction of sp³-hybridized carbons (Fsp3) is 0.650. The molecule has 2 nitrogen and oxygen atoms in total. The highest BCUT2D eigenvalue weighted by Crippen LogP contribution is 2.41. The summed E-state index contributed by atoms with van der Waals surface area (Å²) in [5.74, 6) is 2.84. The van der Waals surface area contributed by atoms with Crippen molar-refractivity contribution in [3.8, 4) is 0 Å². The average molecular weight is 299 g/mol. The number of amides is 1. The second-order valence-electron chi connectivity index (χ2n) is 7.75. The van der Waals surface area contributed by atoms with Gasteiger partial charge in [-0.15, -0.1) is 0 Å². The van der Waals surface area contributed by atoms with Gasteiger partial charge in [0.05, 0.1) is 0 Å². The number of nitrogens with one attached hydrogen (secondary N) is 1. The molecule has 2 heteroatoms. The van der Waals surface area contributed by atoms with Crippen molar-refractivity contribution in [3.05, 3.63) is 35.4 Å². The minimum Gasteiger partial charge on any atom is -0.349 e. The molecule has 4 rings (SSSR count). The van der Waals surface area contributed by atoms with Gasteiger partial charge in [0.2, 0.25) is 0 Å². The van der Waals surface area contributed by atoms with E-state index in [-0.39, 0.29) is 5.91 Å². The quantitative estimate of drug-likeness (QED) is 0.853. The first-order valence-corrected chi connectivity index (χ1v) is 8.95. The molecule has 0 radical (unpaired) electrons. The van der Waals surface area contributed by atoms with Crippen LogP contribution in [0.1, 0.15) is 74.7 Å². The van der Waals surface area contributed by atoms with Crippen molar-refractivity contribution in [3.63, 3.8) is 0 Å². The zero-order chi connectivity index (χ0) is 15.7. The molecule has 1 aromatic rings. The van der Waals surface area contributed by atoms with Crippen molar-refractivity contribution in [1.82, 2.24) is 5.32 Å². The van der Waals surface area contributed by atoms with Crippen molar-refractivity contribution in [2.24, 2.45) is 17.8 Å². The second kappa shape index (κ2) is 6.44. The Bertz CT molecular complexity index is 511. The molecule has 0 aromatic heterocycles. The summed E-state index contributed by atoms with van der Waals surface area (Å²) in [5, 5.41) is 3.30. The van der Waals surface area contributed by atoms with Crippen LogP contribution in [0.2, 0.25) is 0 Å². The van der Waals surface area contributed by atoms with Gasteiger partial charge in [-0.3, -0.25) is 4.79 Å². The number of benzene rings is 1. The van der Waals surface area contributed by atoms with E-state index in [1.165, 1.54) is 37.7 Å². The minimum absolute atomic E-state index is 0.112. The lowest BCUT2D eigenvalue weighted by molar-refractivity contribution is 0.0810. The molecule has 0 aliphatic heterocycles. The topological polar surface area (TPSA) is 29.1 Å². The number of carbonyl (C=O) groups is 1. The van der Waals surface area contributed by atoms with Gasteiger partial charge in [-0.05, 0) is 60.6 Å². The molecule has 3 aliphatic rings. The molecule has 1 N–H and O–H groups in total. The maximum Gasteiger partial charge on any atom is 0.251 e. The molecule has 2 unspecified atom stereocenters. The number of hydrogen-bond donors (Lipinski definition) is 1. The summed E-state index contributed by atoms with van der Waals surface area (Å²) in [6, 6.07) is 8.63. The second-order valence-corrected chi connectivity index (χ2v) is 7.75. The normalized spacial score (nSPS) is 28.6. The standard InChI is InChI=1S/C20H29NO/c1-13(2)14(3)16-8-10-18(11-9-16)20(22)21-19-12-15-4-6-17(19)7-5-15/h8-11,13-15,17,19H,4-7,12H2,1-3H3,(H,21,22). The van der Waals surface area contributed by atoms with Gasteiger partial charge in [0, 0.05) is 11.6 Å². The van der Waals surface area contributed by atoms with E-state index in [9.17, 15) is 4.79 Å². The van der Waals surface area contributed by atoms with Gasteiger partial charge in [0.25, 0.3) is 5.91 Å². The summed E-state index contributed by atoms with van der Waals surface area (Å²) < 4.78 is 0. The van der Waals surface area contributed by atoms with Crippen molar-refractivity contribution >= 4 is 5.91 Å². The van der Waals surface area contributed by atoms with Crippen molar-refractivity contribution in [2.75, 3.05) is 0 Å². The lowest BCUT2D eigenvalue weighted by Crippen LogP contribution is -2.47. The number of carbonyl (C=O) groups excluding carboxylic acids is 1. The smallest absolute Gasteiger partial charge is 0.251 e. The first-order valence-electron chi connectivity index (χ1n) is 8.95. The Kier molecular flexibility index (Phi) is 4.56. The highest BCUT2D eigenvalue weighted by Gasteiger charge is 2.36. The maximum atomic E-state index is 12.5. The first kappa shape index (κ1) is 15.6. The summed E-state index contributed by atoms with van der Waals surface area (Å²) in [4.78, 5) is 12.5. The van der Waals surface area contributed by atoms with Crippen LogP contribution >= 0.6 is 0 Å². The Balaban J connectivity index is 1.63. The summed E-state index contributed by atoms with van der Waals surface area (Å²) in [7, 11) is 0. The van der Waals surface area contributed by atoms with E-state index in [1.54, 1.807) is 0 Å². The van der Waals surface area contributed by atoms with Crippen LogP contribution in [0.4, 0.5) is 0 Å². The van der Waals surface area contributed by atoms with Crippen molar-refractivity contribution in [2.45, 2.75) is 64.8 Å². The summed E-state index contributed by atoms with van der Waals surface area (Å²) >= 11 is 0. The van der Waals surface area contributed by atoms with Gasteiger partial charge in [-0.2, -0.15) is 0 Å². The van der Waals surface area contributed by atoms with Gasteiger partial charge in [0.1, 0.15) is 0 Å². The lowest BCUT2D eigenvalue weighted by atomic mass is 9.68. The minimum atomic E-state index is 0.112. The van der Waals surface area contributed by atoms with E-state index in [0.717, 1.165) is 11.5 Å². The predicted octanol–water partition coefficient (Wildman–Crippen LogP) is 4.75. The fourth-order valence-corrected chi connectivity index (χ4v) is 4.13. The van der Waals surface area contributed by atoms with Gasteiger partial charge in [-0.25, -0.2) is 0 Å². The lowest BCUT2D eigenvalue weighted by Gasteiger charge is -2.42. The molecular formula is C20H29NO. The van der Waals surface area contributed by atoms with Crippen LogP contribution in [0.3, 0.4) is 0 Å².